The molecule has 0 saturated carbocycles. The molecule has 0 aliphatic carbocycles. The molecule has 0 spiro atoms. The van der Waals surface area contributed by atoms with Crippen LogP contribution >= 0.6 is 11.3 Å². The van der Waals surface area contributed by atoms with Gasteiger partial charge in [0.2, 0.25) is 0 Å². The van der Waals surface area contributed by atoms with E-state index in [-0.39, 0.29) is 24.8 Å². The van der Waals surface area contributed by atoms with E-state index < -0.39 is 12.1 Å². The number of terminal acetylenes is 1. The number of carbonyl (C=O) groups excluding carboxylic acids is 1. The molecule has 2 aromatic heterocycles. The van der Waals surface area contributed by atoms with Gasteiger partial charge in [0.1, 0.15) is 22.1 Å². The number of fused-ring (bicyclic) bond motifs is 1. The molecule has 1 unspecified atom stereocenters. The summed E-state index contributed by atoms with van der Waals surface area (Å²) in [6, 6.07) is 0.0963. The third-order valence-corrected chi connectivity index (χ3v) is 5.41. The van der Waals surface area contributed by atoms with Gasteiger partial charge in [0, 0.05) is 12.6 Å². The van der Waals surface area contributed by atoms with Crippen LogP contribution in [0.5, 0.6) is 0 Å². The normalized spacial score (nSPS) is 12.5. The van der Waals surface area contributed by atoms with Crippen molar-refractivity contribution in [3.63, 3.8) is 0 Å². The SMILES string of the molecule is C#CCOCC(O)CN(Cc1nc2sc(C(=O)OC)c(C)c2c(=O)[nH]1)C(C)C. The molecule has 0 radical (unpaired) electrons. The van der Waals surface area contributed by atoms with E-state index in [4.69, 9.17) is 15.9 Å². The van der Waals surface area contributed by atoms with Gasteiger partial charge in [0.05, 0.1) is 31.8 Å². The van der Waals surface area contributed by atoms with Crippen molar-refractivity contribution in [2.24, 2.45) is 0 Å². The fraction of sp³-hybridized carbons (Fsp3) is 0.526. The number of ether oxygens (including phenoxy) is 2. The number of methoxy groups -OCH3 is 1. The second kappa shape index (κ2) is 9.80. The van der Waals surface area contributed by atoms with Gasteiger partial charge in [-0.3, -0.25) is 9.69 Å². The molecule has 152 valence electrons. The fourth-order valence-electron chi connectivity index (χ4n) is 2.78. The maximum absolute atomic E-state index is 12.5. The Bertz CT molecular complexity index is 928. The minimum absolute atomic E-state index is 0.0963. The molecule has 9 heteroatoms. The summed E-state index contributed by atoms with van der Waals surface area (Å²) >= 11 is 1.14. The number of thiophene rings is 1. The summed E-state index contributed by atoms with van der Waals surface area (Å²) in [7, 11) is 1.30. The first-order valence-electron chi connectivity index (χ1n) is 8.82. The fourth-order valence-corrected chi connectivity index (χ4v) is 3.90. The first kappa shape index (κ1) is 22.0. The van der Waals surface area contributed by atoms with Gasteiger partial charge in [-0.2, -0.15) is 0 Å². The number of carbonyl (C=O) groups is 1. The van der Waals surface area contributed by atoms with E-state index in [0.29, 0.717) is 39.6 Å². The number of hydrogen-bond acceptors (Lipinski definition) is 8. The number of aliphatic hydroxyl groups excluding tert-OH is 1. The minimum Gasteiger partial charge on any atom is -0.465 e. The Labute approximate surface area is 167 Å². The van der Waals surface area contributed by atoms with Crippen LogP contribution in [0.15, 0.2) is 4.79 Å². The van der Waals surface area contributed by atoms with Crippen LogP contribution in [-0.4, -0.2) is 65.0 Å². The third kappa shape index (κ3) is 5.17. The molecular formula is C19H25N3O5S. The van der Waals surface area contributed by atoms with Crippen molar-refractivity contribution < 1.29 is 19.4 Å². The average Bonchev–Trinajstić information content (AvgIpc) is 2.97. The molecule has 1 atom stereocenters. The lowest BCUT2D eigenvalue weighted by atomic mass is 10.2. The monoisotopic (exact) mass is 407 g/mol. The van der Waals surface area contributed by atoms with E-state index in [0.717, 1.165) is 11.3 Å². The number of nitrogens with one attached hydrogen (secondary N) is 1. The van der Waals surface area contributed by atoms with Crippen molar-refractivity contribution in [2.75, 3.05) is 26.9 Å². The quantitative estimate of drug-likeness (QED) is 0.367. The van der Waals surface area contributed by atoms with Crippen LogP contribution in [-0.2, 0) is 16.0 Å². The Hall–Kier alpha value is -2.25. The summed E-state index contributed by atoms with van der Waals surface area (Å²) in [4.78, 5) is 34.5. The number of H-pyrrole nitrogens is 1. The van der Waals surface area contributed by atoms with Crippen LogP contribution in [0.1, 0.15) is 34.9 Å². The second-order valence-electron chi connectivity index (χ2n) is 6.64. The van der Waals surface area contributed by atoms with Crippen LogP contribution in [0.4, 0.5) is 0 Å². The zero-order chi connectivity index (χ0) is 20.8. The average molecular weight is 407 g/mol. The molecule has 0 bridgehead atoms. The van der Waals surface area contributed by atoms with Gasteiger partial charge in [0.25, 0.3) is 5.56 Å². The molecular weight excluding hydrogens is 382 g/mol. The molecule has 0 amide bonds. The number of aliphatic hydroxyl groups is 1. The predicted octanol–water partition coefficient (Wildman–Crippen LogP) is 1.30. The second-order valence-corrected chi connectivity index (χ2v) is 7.64. The Morgan fingerprint density at radius 2 is 2.18 bits per heavy atom. The number of rotatable bonds is 9. The molecule has 28 heavy (non-hydrogen) atoms. The molecule has 0 aromatic carbocycles. The maximum Gasteiger partial charge on any atom is 0.348 e. The summed E-state index contributed by atoms with van der Waals surface area (Å²) in [5.74, 6) is 2.33. The van der Waals surface area contributed by atoms with Crippen molar-refractivity contribution in [3.8, 4) is 12.3 Å². The Morgan fingerprint density at radius 3 is 2.79 bits per heavy atom. The third-order valence-electron chi connectivity index (χ3n) is 4.24. The maximum atomic E-state index is 12.5. The van der Waals surface area contributed by atoms with E-state index in [2.05, 4.69) is 15.9 Å². The van der Waals surface area contributed by atoms with Gasteiger partial charge in [-0.1, -0.05) is 5.92 Å². The van der Waals surface area contributed by atoms with Crippen molar-refractivity contribution in [2.45, 2.75) is 39.5 Å². The lowest BCUT2D eigenvalue weighted by Crippen LogP contribution is -2.39. The molecule has 2 aromatic rings. The van der Waals surface area contributed by atoms with E-state index in [1.54, 1.807) is 6.92 Å². The highest BCUT2D eigenvalue weighted by Gasteiger charge is 2.21. The van der Waals surface area contributed by atoms with Gasteiger partial charge in [-0.15, -0.1) is 17.8 Å². The van der Waals surface area contributed by atoms with Gasteiger partial charge >= 0.3 is 5.97 Å². The molecule has 0 aliphatic rings. The lowest BCUT2D eigenvalue weighted by molar-refractivity contribution is 0.0186. The van der Waals surface area contributed by atoms with E-state index in [1.165, 1.54) is 7.11 Å². The van der Waals surface area contributed by atoms with Crippen LogP contribution < -0.4 is 5.56 Å². The van der Waals surface area contributed by atoms with Crippen molar-refractivity contribution >= 4 is 27.5 Å². The summed E-state index contributed by atoms with van der Waals surface area (Å²) < 4.78 is 9.94. The molecule has 2 rings (SSSR count). The van der Waals surface area contributed by atoms with Crippen molar-refractivity contribution in [3.05, 3.63) is 26.6 Å². The first-order valence-corrected chi connectivity index (χ1v) is 9.64. The highest BCUT2D eigenvalue weighted by atomic mass is 32.1. The van der Waals surface area contributed by atoms with Crippen LogP contribution in [0.2, 0.25) is 0 Å². The highest BCUT2D eigenvalue weighted by molar-refractivity contribution is 7.20. The number of nitrogens with zero attached hydrogens (tertiary/aromatic N) is 2. The highest BCUT2D eigenvalue weighted by Crippen LogP contribution is 2.27. The summed E-state index contributed by atoms with van der Waals surface area (Å²) in [6.45, 7) is 6.61. The molecule has 2 N–H and O–H groups in total. The van der Waals surface area contributed by atoms with E-state index >= 15 is 0 Å². The van der Waals surface area contributed by atoms with E-state index in [9.17, 15) is 14.7 Å². The zero-order valence-corrected chi connectivity index (χ0v) is 17.3. The number of aromatic amines is 1. The van der Waals surface area contributed by atoms with Gasteiger partial charge in [-0.05, 0) is 26.3 Å². The number of hydrogen-bond donors (Lipinski definition) is 2. The van der Waals surface area contributed by atoms with Gasteiger partial charge in [0.15, 0.2) is 0 Å². The van der Waals surface area contributed by atoms with E-state index in [1.807, 2.05) is 18.7 Å². The van der Waals surface area contributed by atoms with Crippen LogP contribution in [0.3, 0.4) is 0 Å². The Kier molecular flexibility index (Phi) is 7.71. The summed E-state index contributed by atoms with van der Waals surface area (Å²) in [5.41, 5.74) is 0.263. The summed E-state index contributed by atoms with van der Waals surface area (Å²) in [5, 5.41) is 10.5. The summed E-state index contributed by atoms with van der Waals surface area (Å²) in [6.07, 6.45) is 4.41. The van der Waals surface area contributed by atoms with Crippen LogP contribution in [0.25, 0.3) is 10.2 Å². The number of esters is 1. The zero-order valence-electron chi connectivity index (χ0n) is 16.4. The molecule has 0 saturated heterocycles. The number of aromatic nitrogens is 2. The Morgan fingerprint density at radius 1 is 1.46 bits per heavy atom. The Balaban J connectivity index is 2.24. The first-order chi connectivity index (χ1) is 13.3. The minimum atomic E-state index is -0.721. The molecule has 0 fully saturated rings. The van der Waals surface area contributed by atoms with Gasteiger partial charge in [-0.25, -0.2) is 9.78 Å². The van der Waals surface area contributed by atoms with Crippen LogP contribution in [0, 0.1) is 19.3 Å². The largest absolute Gasteiger partial charge is 0.465 e. The smallest absolute Gasteiger partial charge is 0.348 e. The topological polar surface area (TPSA) is 105 Å². The van der Waals surface area contributed by atoms with Gasteiger partial charge < -0.3 is 19.6 Å². The molecule has 8 nitrogen and oxygen atoms in total. The predicted molar refractivity (Wildman–Crippen MR) is 108 cm³/mol. The number of aryl methyl sites for hydroxylation is 1. The van der Waals surface area contributed by atoms with Crippen molar-refractivity contribution in [1.29, 1.82) is 0 Å². The molecule has 2 heterocycles. The van der Waals surface area contributed by atoms with Crippen molar-refractivity contribution in [1.82, 2.24) is 14.9 Å². The standard InChI is InChI=1S/C19H25N3O5S/c1-6-7-27-10-13(23)8-22(11(2)3)9-14-20-17(24)15-12(4)16(19(25)26-5)28-18(15)21-14/h1,11,13,23H,7-10H2,2-5H3,(H,20,21,24). The molecule has 0 aliphatic heterocycles. The lowest BCUT2D eigenvalue weighted by Gasteiger charge is -2.28.